The molecule has 0 fully saturated rings. The van der Waals surface area contributed by atoms with Crippen LogP contribution in [0.2, 0.25) is 0 Å². The number of benzene rings is 1. The van der Waals surface area contributed by atoms with Gasteiger partial charge in [-0.2, -0.15) is 0 Å². The van der Waals surface area contributed by atoms with Crippen LogP contribution < -0.4 is 0 Å². The van der Waals surface area contributed by atoms with Crippen molar-refractivity contribution in [3.63, 3.8) is 0 Å². The van der Waals surface area contributed by atoms with Crippen molar-refractivity contribution in [2.75, 3.05) is 0 Å². The SMILES string of the molecule is CC(O)CCC/C=C/c1ncc2cc(O)ccc2n1. The van der Waals surface area contributed by atoms with Gasteiger partial charge in [0, 0.05) is 11.6 Å². The third kappa shape index (κ3) is 4.03. The van der Waals surface area contributed by atoms with Crippen LogP contribution in [0.15, 0.2) is 30.5 Å². The standard InChI is InChI=1S/C15H18N2O2/c1-11(18)5-3-2-4-6-15-16-10-12-9-13(19)7-8-14(12)17-15/h4,6-11,18-19H,2-3,5H2,1H3/b6-4+. The maximum atomic E-state index is 9.35. The largest absolute Gasteiger partial charge is 0.508 e. The quantitative estimate of drug-likeness (QED) is 0.809. The van der Waals surface area contributed by atoms with E-state index in [0.29, 0.717) is 5.82 Å². The molecule has 0 spiro atoms. The van der Waals surface area contributed by atoms with Crippen molar-refractivity contribution >= 4 is 17.0 Å². The minimum Gasteiger partial charge on any atom is -0.508 e. The molecule has 2 N–H and O–H groups in total. The first kappa shape index (κ1) is 13.5. The molecule has 0 aliphatic rings. The number of hydrogen-bond acceptors (Lipinski definition) is 4. The van der Waals surface area contributed by atoms with Crippen LogP contribution in [0.4, 0.5) is 0 Å². The van der Waals surface area contributed by atoms with Crippen LogP contribution in [0.1, 0.15) is 32.0 Å². The number of phenols is 1. The average Bonchev–Trinajstić information content (AvgIpc) is 2.38. The fraction of sp³-hybridized carbons (Fsp3) is 0.333. The minimum absolute atomic E-state index is 0.220. The number of hydrogen-bond donors (Lipinski definition) is 2. The van der Waals surface area contributed by atoms with E-state index >= 15 is 0 Å². The van der Waals surface area contributed by atoms with Gasteiger partial charge in [0.2, 0.25) is 0 Å². The van der Waals surface area contributed by atoms with E-state index in [1.165, 1.54) is 0 Å². The number of allylic oxidation sites excluding steroid dienone is 1. The van der Waals surface area contributed by atoms with Crippen molar-refractivity contribution in [3.05, 3.63) is 36.3 Å². The number of nitrogens with zero attached hydrogens (tertiary/aromatic N) is 2. The van der Waals surface area contributed by atoms with E-state index in [0.717, 1.165) is 30.2 Å². The molecular formula is C15H18N2O2. The first-order valence-electron chi connectivity index (χ1n) is 6.45. The summed E-state index contributed by atoms with van der Waals surface area (Å²) in [6, 6.07) is 5.04. The number of phenolic OH excluding ortho intramolecular Hbond substituents is 1. The summed E-state index contributed by atoms with van der Waals surface area (Å²) in [7, 11) is 0. The Balaban J connectivity index is 2.01. The van der Waals surface area contributed by atoms with Gasteiger partial charge in [0.15, 0.2) is 5.82 Å². The summed E-state index contributed by atoms with van der Waals surface area (Å²) in [5.74, 6) is 0.882. The fourth-order valence-electron chi connectivity index (χ4n) is 1.84. The third-order valence-corrected chi connectivity index (χ3v) is 2.84. The molecule has 4 nitrogen and oxygen atoms in total. The normalized spacial score (nSPS) is 13.2. The van der Waals surface area contributed by atoms with Crippen LogP contribution in [-0.2, 0) is 0 Å². The van der Waals surface area contributed by atoms with Crippen LogP contribution in [0.3, 0.4) is 0 Å². The van der Waals surface area contributed by atoms with Gasteiger partial charge in [-0.1, -0.05) is 6.08 Å². The molecule has 0 radical (unpaired) electrons. The van der Waals surface area contributed by atoms with Gasteiger partial charge in [0.05, 0.1) is 11.6 Å². The maximum Gasteiger partial charge on any atom is 0.152 e. The number of unbranched alkanes of at least 4 members (excludes halogenated alkanes) is 1. The van der Waals surface area contributed by atoms with E-state index in [9.17, 15) is 5.11 Å². The van der Waals surface area contributed by atoms with Crippen LogP contribution in [0, 0.1) is 0 Å². The van der Waals surface area contributed by atoms with E-state index in [1.807, 2.05) is 12.2 Å². The molecule has 1 heterocycles. The Labute approximate surface area is 112 Å². The van der Waals surface area contributed by atoms with Crippen molar-refractivity contribution in [1.29, 1.82) is 0 Å². The maximum absolute atomic E-state index is 9.35. The summed E-state index contributed by atoms with van der Waals surface area (Å²) in [6.07, 6.45) is 8.04. The van der Waals surface area contributed by atoms with Gasteiger partial charge in [-0.25, -0.2) is 9.97 Å². The highest BCUT2D eigenvalue weighted by Gasteiger charge is 1.98. The van der Waals surface area contributed by atoms with Crippen molar-refractivity contribution in [1.82, 2.24) is 9.97 Å². The lowest BCUT2D eigenvalue weighted by atomic mass is 10.1. The molecule has 4 heteroatoms. The van der Waals surface area contributed by atoms with Gasteiger partial charge < -0.3 is 10.2 Å². The second-order valence-electron chi connectivity index (χ2n) is 4.65. The van der Waals surface area contributed by atoms with Gasteiger partial charge in [-0.15, -0.1) is 0 Å². The highest BCUT2D eigenvalue weighted by atomic mass is 16.3. The first-order valence-corrected chi connectivity index (χ1v) is 6.45. The van der Waals surface area contributed by atoms with Gasteiger partial charge in [0.25, 0.3) is 0 Å². The van der Waals surface area contributed by atoms with Crippen LogP contribution in [-0.4, -0.2) is 26.3 Å². The number of aromatic hydroxyl groups is 1. The molecule has 1 unspecified atom stereocenters. The van der Waals surface area contributed by atoms with Crippen LogP contribution in [0.5, 0.6) is 5.75 Å². The summed E-state index contributed by atoms with van der Waals surface area (Å²) in [6.45, 7) is 1.80. The summed E-state index contributed by atoms with van der Waals surface area (Å²) < 4.78 is 0. The molecule has 1 atom stereocenters. The molecule has 2 rings (SSSR count). The molecule has 0 bridgehead atoms. The zero-order chi connectivity index (χ0) is 13.7. The lowest BCUT2D eigenvalue weighted by Gasteiger charge is -2.00. The van der Waals surface area contributed by atoms with Crippen LogP contribution >= 0.6 is 0 Å². The zero-order valence-electron chi connectivity index (χ0n) is 11.0. The topological polar surface area (TPSA) is 66.2 Å². The molecule has 100 valence electrons. The van der Waals surface area contributed by atoms with Crippen molar-refractivity contribution in [2.45, 2.75) is 32.3 Å². The van der Waals surface area contributed by atoms with Gasteiger partial charge in [0.1, 0.15) is 5.75 Å². The molecular weight excluding hydrogens is 240 g/mol. The van der Waals surface area contributed by atoms with Crippen molar-refractivity contribution in [2.24, 2.45) is 0 Å². The predicted molar refractivity (Wildman–Crippen MR) is 75.8 cm³/mol. The molecule has 1 aromatic carbocycles. The van der Waals surface area contributed by atoms with E-state index in [2.05, 4.69) is 9.97 Å². The number of rotatable bonds is 5. The Hall–Kier alpha value is -1.94. The van der Waals surface area contributed by atoms with Crippen molar-refractivity contribution in [3.8, 4) is 5.75 Å². The first-order chi connectivity index (χ1) is 9.15. The zero-order valence-corrected chi connectivity index (χ0v) is 11.0. The highest BCUT2D eigenvalue weighted by molar-refractivity contribution is 5.79. The lowest BCUT2D eigenvalue weighted by molar-refractivity contribution is 0.182. The molecule has 0 aliphatic carbocycles. The highest BCUT2D eigenvalue weighted by Crippen LogP contribution is 2.17. The van der Waals surface area contributed by atoms with E-state index < -0.39 is 0 Å². The summed E-state index contributed by atoms with van der Waals surface area (Å²) in [4.78, 5) is 8.61. The number of aliphatic hydroxyl groups is 1. The lowest BCUT2D eigenvalue weighted by Crippen LogP contribution is -1.97. The molecule has 19 heavy (non-hydrogen) atoms. The minimum atomic E-state index is -0.238. The molecule has 0 saturated carbocycles. The summed E-state index contributed by atoms with van der Waals surface area (Å²) >= 11 is 0. The summed E-state index contributed by atoms with van der Waals surface area (Å²) in [5.41, 5.74) is 0.816. The Kier molecular flexibility index (Phi) is 4.47. The number of aromatic nitrogens is 2. The Morgan fingerprint density at radius 1 is 1.37 bits per heavy atom. The molecule has 1 aromatic heterocycles. The average molecular weight is 258 g/mol. The molecule has 0 aliphatic heterocycles. The Morgan fingerprint density at radius 2 is 2.21 bits per heavy atom. The third-order valence-electron chi connectivity index (χ3n) is 2.84. The number of aliphatic hydroxyl groups excluding tert-OH is 1. The Morgan fingerprint density at radius 3 is 3.00 bits per heavy atom. The fourth-order valence-corrected chi connectivity index (χ4v) is 1.84. The molecule has 0 amide bonds. The smallest absolute Gasteiger partial charge is 0.152 e. The Bertz CT molecular complexity index is 579. The van der Waals surface area contributed by atoms with Crippen molar-refractivity contribution < 1.29 is 10.2 Å². The monoisotopic (exact) mass is 258 g/mol. The molecule has 2 aromatic rings. The molecule has 0 saturated heterocycles. The summed E-state index contributed by atoms with van der Waals surface area (Å²) in [5, 5.41) is 19.3. The van der Waals surface area contributed by atoms with E-state index in [1.54, 1.807) is 31.3 Å². The predicted octanol–water partition coefficient (Wildman–Crippen LogP) is 2.90. The van der Waals surface area contributed by atoms with Crippen LogP contribution in [0.25, 0.3) is 17.0 Å². The van der Waals surface area contributed by atoms with Gasteiger partial charge in [-0.05, 0) is 50.5 Å². The van der Waals surface area contributed by atoms with Gasteiger partial charge >= 0.3 is 0 Å². The second-order valence-corrected chi connectivity index (χ2v) is 4.65. The van der Waals surface area contributed by atoms with Gasteiger partial charge in [-0.3, -0.25) is 0 Å². The second kappa shape index (κ2) is 6.29. The van der Waals surface area contributed by atoms with E-state index in [-0.39, 0.29) is 11.9 Å². The van der Waals surface area contributed by atoms with E-state index in [4.69, 9.17) is 5.11 Å². The number of fused-ring (bicyclic) bond motifs is 1.